The molecule has 180 valence electrons. The van der Waals surface area contributed by atoms with E-state index in [0.29, 0.717) is 12.3 Å². The number of anilines is 1. The number of benzene rings is 2. The second kappa shape index (κ2) is 10.3. The second-order valence-corrected chi connectivity index (χ2v) is 10.6. The van der Waals surface area contributed by atoms with E-state index >= 15 is 0 Å². The summed E-state index contributed by atoms with van der Waals surface area (Å²) in [5.41, 5.74) is 3.81. The molecule has 0 bridgehead atoms. The average Bonchev–Trinajstić information content (AvgIpc) is 2.84. The molecule has 2 aromatic rings. The zero-order valence-corrected chi connectivity index (χ0v) is 20.7. The number of likely N-dealkylation sites (tertiary alicyclic amines) is 1. The summed E-state index contributed by atoms with van der Waals surface area (Å²) >= 11 is 0. The molecule has 4 rings (SSSR count). The molecule has 1 atom stereocenters. The Bertz CT molecular complexity index is 1070. The van der Waals surface area contributed by atoms with E-state index in [1.54, 1.807) is 19.2 Å². The molecule has 1 fully saturated rings. The highest BCUT2D eigenvalue weighted by Gasteiger charge is 2.27. The molecule has 1 saturated heterocycles. The minimum atomic E-state index is -3.76. The van der Waals surface area contributed by atoms with Crippen molar-refractivity contribution in [1.82, 2.24) is 9.62 Å². The van der Waals surface area contributed by atoms with Gasteiger partial charge in [-0.3, -0.25) is 4.90 Å². The first-order valence-corrected chi connectivity index (χ1v) is 13.2. The molecule has 7 nitrogen and oxygen atoms in total. The van der Waals surface area contributed by atoms with Crippen LogP contribution in [0.25, 0.3) is 0 Å². The Morgan fingerprint density at radius 3 is 2.48 bits per heavy atom. The fourth-order valence-electron chi connectivity index (χ4n) is 4.96. The van der Waals surface area contributed by atoms with Crippen LogP contribution in [0, 0.1) is 0 Å². The monoisotopic (exact) mass is 473 g/mol. The SMILES string of the molecule is COc1ccc(S(=O)(=O)NC[C@H](c2ccc3c(c2)CCCN3C)N2CCCCC2)c(OC)c1. The van der Waals surface area contributed by atoms with E-state index in [4.69, 9.17) is 9.47 Å². The Balaban J connectivity index is 1.60. The molecule has 33 heavy (non-hydrogen) atoms. The molecule has 2 aliphatic heterocycles. The number of piperidine rings is 1. The fraction of sp³-hybridized carbons (Fsp3) is 0.520. The summed E-state index contributed by atoms with van der Waals surface area (Å²) < 4.78 is 39.9. The molecule has 2 aliphatic rings. The number of hydrogen-bond acceptors (Lipinski definition) is 6. The maximum absolute atomic E-state index is 13.2. The number of nitrogens with zero attached hydrogens (tertiary/aromatic N) is 2. The fourth-order valence-corrected chi connectivity index (χ4v) is 6.15. The van der Waals surface area contributed by atoms with Crippen LogP contribution in [0.5, 0.6) is 11.5 Å². The predicted octanol–water partition coefficient (Wildman–Crippen LogP) is 3.59. The van der Waals surface area contributed by atoms with Gasteiger partial charge < -0.3 is 14.4 Å². The van der Waals surface area contributed by atoms with E-state index in [2.05, 4.69) is 39.8 Å². The summed E-state index contributed by atoms with van der Waals surface area (Å²) in [7, 11) is 1.38. The molecule has 2 aromatic carbocycles. The van der Waals surface area contributed by atoms with Crippen molar-refractivity contribution < 1.29 is 17.9 Å². The molecular weight excluding hydrogens is 438 g/mol. The predicted molar refractivity (Wildman–Crippen MR) is 131 cm³/mol. The van der Waals surface area contributed by atoms with Crippen LogP contribution in [0.3, 0.4) is 0 Å². The minimum absolute atomic E-state index is 0.0122. The van der Waals surface area contributed by atoms with Gasteiger partial charge in [0.15, 0.2) is 0 Å². The van der Waals surface area contributed by atoms with Crippen molar-refractivity contribution in [2.45, 2.75) is 43.0 Å². The van der Waals surface area contributed by atoms with Crippen LogP contribution in [0.4, 0.5) is 5.69 Å². The zero-order chi connectivity index (χ0) is 23.4. The van der Waals surface area contributed by atoms with Gasteiger partial charge in [0.05, 0.1) is 14.2 Å². The van der Waals surface area contributed by atoms with Crippen LogP contribution in [-0.4, -0.2) is 60.8 Å². The second-order valence-electron chi connectivity index (χ2n) is 8.89. The normalized spacial score (nSPS) is 18.0. The standard InChI is InChI=1S/C25H35N3O4S/c1-27-13-7-8-19-16-20(9-11-22(19)27)23(28-14-5-4-6-15-28)18-26-33(29,30)25-12-10-21(31-2)17-24(25)32-3/h9-12,16-17,23,26H,4-8,13-15,18H2,1-3H3/t23-/m1/s1. The number of methoxy groups -OCH3 is 2. The van der Waals surface area contributed by atoms with E-state index in [1.165, 1.54) is 36.4 Å². The zero-order valence-electron chi connectivity index (χ0n) is 19.8. The minimum Gasteiger partial charge on any atom is -0.497 e. The van der Waals surface area contributed by atoms with Crippen molar-refractivity contribution in [3.05, 3.63) is 47.5 Å². The van der Waals surface area contributed by atoms with Crippen molar-refractivity contribution in [2.75, 3.05) is 52.3 Å². The molecule has 0 spiro atoms. The van der Waals surface area contributed by atoms with Crippen molar-refractivity contribution in [1.29, 1.82) is 0 Å². The first-order chi connectivity index (χ1) is 15.9. The van der Waals surface area contributed by atoms with E-state index in [1.807, 2.05) is 0 Å². The van der Waals surface area contributed by atoms with Crippen molar-refractivity contribution in [3.63, 3.8) is 0 Å². The van der Waals surface area contributed by atoms with Crippen molar-refractivity contribution in [3.8, 4) is 11.5 Å². The lowest BCUT2D eigenvalue weighted by atomic mass is 9.95. The molecule has 0 aliphatic carbocycles. The summed E-state index contributed by atoms with van der Waals surface area (Å²) in [5.74, 6) is 0.823. The van der Waals surface area contributed by atoms with E-state index in [-0.39, 0.29) is 16.7 Å². The van der Waals surface area contributed by atoms with Gasteiger partial charge in [-0.25, -0.2) is 13.1 Å². The van der Waals surface area contributed by atoms with Crippen LogP contribution in [0.2, 0.25) is 0 Å². The lowest BCUT2D eigenvalue weighted by Gasteiger charge is -2.36. The highest BCUT2D eigenvalue weighted by Crippen LogP contribution is 2.33. The Hall–Kier alpha value is -2.29. The number of fused-ring (bicyclic) bond motifs is 1. The summed E-state index contributed by atoms with van der Waals surface area (Å²) in [6.07, 6.45) is 5.72. The van der Waals surface area contributed by atoms with Gasteiger partial charge in [0.1, 0.15) is 16.4 Å². The molecule has 1 N–H and O–H groups in total. The van der Waals surface area contributed by atoms with E-state index < -0.39 is 10.0 Å². The smallest absolute Gasteiger partial charge is 0.244 e. The highest BCUT2D eigenvalue weighted by molar-refractivity contribution is 7.89. The highest BCUT2D eigenvalue weighted by atomic mass is 32.2. The molecule has 0 amide bonds. The molecule has 0 saturated carbocycles. The maximum Gasteiger partial charge on any atom is 0.244 e. The van der Waals surface area contributed by atoms with Gasteiger partial charge in [0.2, 0.25) is 10.0 Å². The molecule has 2 heterocycles. The number of hydrogen-bond donors (Lipinski definition) is 1. The first kappa shape index (κ1) is 23.9. The van der Waals surface area contributed by atoms with Gasteiger partial charge in [-0.15, -0.1) is 0 Å². The lowest BCUT2D eigenvalue weighted by Crippen LogP contribution is -2.40. The topological polar surface area (TPSA) is 71.1 Å². The third-order valence-corrected chi connectivity index (χ3v) is 8.26. The van der Waals surface area contributed by atoms with E-state index in [9.17, 15) is 8.42 Å². The van der Waals surface area contributed by atoms with Crippen LogP contribution in [0.15, 0.2) is 41.3 Å². The summed E-state index contributed by atoms with van der Waals surface area (Å²) in [6, 6.07) is 11.4. The van der Waals surface area contributed by atoms with Gasteiger partial charge in [-0.1, -0.05) is 18.6 Å². The summed E-state index contributed by atoms with van der Waals surface area (Å²) in [6.45, 7) is 3.35. The summed E-state index contributed by atoms with van der Waals surface area (Å²) in [5, 5.41) is 0. The van der Waals surface area contributed by atoms with Gasteiger partial charge in [-0.05, 0) is 68.1 Å². The number of rotatable bonds is 8. The molecule has 8 heteroatoms. The average molecular weight is 474 g/mol. The van der Waals surface area contributed by atoms with Gasteiger partial charge in [0, 0.05) is 37.9 Å². The van der Waals surface area contributed by atoms with Gasteiger partial charge in [-0.2, -0.15) is 0 Å². The van der Waals surface area contributed by atoms with Gasteiger partial charge in [0.25, 0.3) is 0 Å². The van der Waals surface area contributed by atoms with Crippen LogP contribution in [-0.2, 0) is 16.4 Å². The quantitative estimate of drug-likeness (QED) is 0.632. The van der Waals surface area contributed by atoms with Crippen molar-refractivity contribution in [2.24, 2.45) is 0 Å². The number of aryl methyl sites for hydroxylation is 1. The number of ether oxygens (including phenoxy) is 2. The maximum atomic E-state index is 13.2. The Kier molecular flexibility index (Phi) is 7.46. The van der Waals surface area contributed by atoms with Gasteiger partial charge >= 0.3 is 0 Å². The number of sulfonamides is 1. The number of nitrogens with one attached hydrogen (secondary N) is 1. The Morgan fingerprint density at radius 1 is 0.970 bits per heavy atom. The Morgan fingerprint density at radius 2 is 1.76 bits per heavy atom. The third-order valence-electron chi connectivity index (χ3n) is 6.80. The van der Waals surface area contributed by atoms with Crippen molar-refractivity contribution >= 4 is 15.7 Å². The molecule has 0 radical (unpaired) electrons. The Labute approximate surface area is 197 Å². The molecule has 0 unspecified atom stereocenters. The van der Waals surface area contributed by atoms with Crippen LogP contribution < -0.4 is 19.1 Å². The van der Waals surface area contributed by atoms with E-state index in [0.717, 1.165) is 45.3 Å². The first-order valence-electron chi connectivity index (χ1n) is 11.7. The molecule has 0 aromatic heterocycles. The summed E-state index contributed by atoms with van der Waals surface area (Å²) in [4.78, 5) is 4.85. The molecular formula is C25H35N3O4S. The lowest BCUT2D eigenvalue weighted by molar-refractivity contribution is 0.164. The third kappa shape index (κ3) is 5.28. The largest absolute Gasteiger partial charge is 0.497 e. The van der Waals surface area contributed by atoms with Crippen LogP contribution >= 0.6 is 0 Å². The van der Waals surface area contributed by atoms with Crippen LogP contribution in [0.1, 0.15) is 42.9 Å².